The molecule has 28 heavy (non-hydrogen) atoms. The number of amides is 1. The van der Waals surface area contributed by atoms with Gasteiger partial charge in [-0.2, -0.15) is 0 Å². The molecule has 1 amide bonds. The summed E-state index contributed by atoms with van der Waals surface area (Å²) in [6.45, 7) is 3.25. The number of carbonyl (C=O) groups excluding carboxylic acids is 1. The first-order valence-electron chi connectivity index (χ1n) is 9.34. The molecule has 0 spiro atoms. The van der Waals surface area contributed by atoms with Crippen LogP contribution in [0, 0.1) is 6.92 Å². The fourth-order valence-electron chi connectivity index (χ4n) is 4.12. The highest BCUT2D eigenvalue weighted by Crippen LogP contribution is 2.31. The van der Waals surface area contributed by atoms with Crippen molar-refractivity contribution in [3.05, 3.63) is 70.4 Å². The standard InChI is InChI=1S/C22H22N2O4/c1-14-12-15(6-7-16(14)22(27)28)13-24-18-5-3-2-4-17(18)20-19(24)8-9-23(10-11-25)21(20)26/h2-7,12,25H,8-11,13H2,1H3,(H,27,28). The van der Waals surface area contributed by atoms with Crippen molar-refractivity contribution in [1.82, 2.24) is 9.47 Å². The van der Waals surface area contributed by atoms with Crippen LogP contribution in [0.15, 0.2) is 42.5 Å². The Morgan fingerprint density at radius 2 is 1.96 bits per heavy atom. The minimum atomic E-state index is -0.928. The van der Waals surface area contributed by atoms with Gasteiger partial charge >= 0.3 is 5.97 Å². The van der Waals surface area contributed by atoms with Gasteiger partial charge in [0, 0.05) is 42.7 Å². The number of aromatic nitrogens is 1. The molecule has 0 saturated carbocycles. The molecule has 3 aromatic rings. The summed E-state index contributed by atoms with van der Waals surface area (Å²) in [4.78, 5) is 26.0. The van der Waals surface area contributed by atoms with Gasteiger partial charge in [0.25, 0.3) is 5.91 Å². The zero-order valence-corrected chi connectivity index (χ0v) is 15.7. The topological polar surface area (TPSA) is 82.8 Å². The molecule has 0 bridgehead atoms. The van der Waals surface area contributed by atoms with Crippen LogP contribution in [0.3, 0.4) is 0 Å². The number of carboxylic acid groups (broad SMARTS) is 1. The lowest BCUT2D eigenvalue weighted by molar-refractivity contribution is 0.0691. The van der Waals surface area contributed by atoms with Crippen LogP contribution in [0.25, 0.3) is 10.9 Å². The van der Waals surface area contributed by atoms with Crippen molar-refractivity contribution >= 4 is 22.8 Å². The second-order valence-electron chi connectivity index (χ2n) is 7.15. The normalized spacial score (nSPS) is 13.8. The van der Waals surface area contributed by atoms with E-state index in [0.717, 1.165) is 34.1 Å². The van der Waals surface area contributed by atoms with Crippen molar-refractivity contribution < 1.29 is 19.8 Å². The molecule has 0 fully saturated rings. The van der Waals surface area contributed by atoms with Gasteiger partial charge in [-0.05, 0) is 30.2 Å². The summed E-state index contributed by atoms with van der Waals surface area (Å²) in [7, 11) is 0. The van der Waals surface area contributed by atoms with Gasteiger partial charge in [0.2, 0.25) is 0 Å². The summed E-state index contributed by atoms with van der Waals surface area (Å²) in [5, 5.41) is 19.4. The Labute approximate surface area is 162 Å². The van der Waals surface area contributed by atoms with Crippen molar-refractivity contribution in [2.45, 2.75) is 19.9 Å². The molecular formula is C22H22N2O4. The Balaban J connectivity index is 1.80. The number of aliphatic hydroxyl groups excluding tert-OH is 1. The molecule has 2 N–H and O–H groups in total. The number of carbonyl (C=O) groups is 2. The van der Waals surface area contributed by atoms with Gasteiger partial charge in [0.15, 0.2) is 0 Å². The van der Waals surface area contributed by atoms with Gasteiger partial charge < -0.3 is 19.7 Å². The van der Waals surface area contributed by atoms with Crippen molar-refractivity contribution in [3.8, 4) is 0 Å². The Hall–Kier alpha value is -3.12. The van der Waals surface area contributed by atoms with E-state index in [1.54, 1.807) is 17.9 Å². The minimum Gasteiger partial charge on any atom is -0.478 e. The lowest BCUT2D eigenvalue weighted by atomic mass is 10.0. The highest BCUT2D eigenvalue weighted by molar-refractivity contribution is 6.09. The first-order valence-corrected chi connectivity index (χ1v) is 9.34. The van der Waals surface area contributed by atoms with E-state index < -0.39 is 5.97 Å². The number of aromatic carboxylic acids is 1. The molecule has 144 valence electrons. The molecule has 0 radical (unpaired) electrons. The van der Waals surface area contributed by atoms with Gasteiger partial charge in [-0.15, -0.1) is 0 Å². The highest BCUT2D eigenvalue weighted by Gasteiger charge is 2.30. The van der Waals surface area contributed by atoms with E-state index in [2.05, 4.69) is 4.57 Å². The average Bonchev–Trinajstić information content (AvgIpc) is 2.98. The molecule has 2 heterocycles. The Morgan fingerprint density at radius 1 is 1.18 bits per heavy atom. The summed E-state index contributed by atoms with van der Waals surface area (Å²) < 4.78 is 2.16. The smallest absolute Gasteiger partial charge is 0.335 e. The first-order chi connectivity index (χ1) is 13.5. The molecule has 6 nitrogen and oxygen atoms in total. The second kappa shape index (κ2) is 7.13. The Kier molecular flexibility index (Phi) is 4.65. The number of hydrogen-bond donors (Lipinski definition) is 2. The highest BCUT2D eigenvalue weighted by atomic mass is 16.4. The molecule has 6 heteroatoms. The summed E-state index contributed by atoms with van der Waals surface area (Å²) in [5.41, 5.74) is 4.73. The van der Waals surface area contributed by atoms with Gasteiger partial charge in [-0.3, -0.25) is 4.79 Å². The monoisotopic (exact) mass is 378 g/mol. The van der Waals surface area contributed by atoms with Crippen LogP contribution in [-0.4, -0.2) is 51.3 Å². The van der Waals surface area contributed by atoms with E-state index in [-0.39, 0.29) is 12.5 Å². The van der Waals surface area contributed by atoms with Gasteiger partial charge in [0.1, 0.15) is 0 Å². The molecule has 0 atom stereocenters. The van der Waals surface area contributed by atoms with Crippen molar-refractivity contribution in [2.75, 3.05) is 19.7 Å². The number of para-hydroxylation sites is 1. The van der Waals surface area contributed by atoms with Crippen LogP contribution in [-0.2, 0) is 13.0 Å². The van der Waals surface area contributed by atoms with Gasteiger partial charge in [0.05, 0.1) is 17.7 Å². The molecule has 1 aromatic heterocycles. The molecular weight excluding hydrogens is 356 g/mol. The SMILES string of the molecule is Cc1cc(Cn2c3c(c4ccccc42)C(=O)N(CCO)CC3)ccc1C(=O)O. The van der Waals surface area contributed by atoms with Crippen LogP contribution >= 0.6 is 0 Å². The van der Waals surface area contributed by atoms with Gasteiger partial charge in [-0.25, -0.2) is 4.79 Å². The maximum Gasteiger partial charge on any atom is 0.335 e. The van der Waals surface area contributed by atoms with Crippen LogP contribution < -0.4 is 0 Å². The fourth-order valence-corrected chi connectivity index (χ4v) is 4.12. The number of carboxylic acids is 1. The summed E-state index contributed by atoms with van der Waals surface area (Å²) >= 11 is 0. The zero-order valence-electron chi connectivity index (χ0n) is 15.7. The largest absolute Gasteiger partial charge is 0.478 e. The number of aliphatic hydroxyl groups is 1. The lowest BCUT2D eigenvalue weighted by Gasteiger charge is -2.27. The number of benzene rings is 2. The predicted molar refractivity (Wildman–Crippen MR) is 106 cm³/mol. The Bertz CT molecular complexity index is 1080. The van der Waals surface area contributed by atoms with Crippen molar-refractivity contribution in [3.63, 3.8) is 0 Å². The summed E-state index contributed by atoms with van der Waals surface area (Å²) in [5.74, 6) is -0.968. The number of fused-ring (bicyclic) bond motifs is 3. The van der Waals surface area contributed by atoms with Crippen LogP contribution in [0.4, 0.5) is 0 Å². The third-order valence-electron chi connectivity index (χ3n) is 5.43. The van der Waals surface area contributed by atoms with Crippen LogP contribution in [0.2, 0.25) is 0 Å². The zero-order chi connectivity index (χ0) is 19.8. The summed E-state index contributed by atoms with van der Waals surface area (Å²) in [6.07, 6.45) is 0.724. The lowest BCUT2D eigenvalue weighted by Crippen LogP contribution is -2.39. The van der Waals surface area contributed by atoms with E-state index in [1.165, 1.54) is 0 Å². The van der Waals surface area contributed by atoms with Crippen molar-refractivity contribution in [2.24, 2.45) is 0 Å². The molecule has 0 aliphatic carbocycles. The van der Waals surface area contributed by atoms with E-state index >= 15 is 0 Å². The van der Waals surface area contributed by atoms with E-state index in [1.807, 2.05) is 36.4 Å². The van der Waals surface area contributed by atoms with Crippen molar-refractivity contribution in [1.29, 1.82) is 0 Å². The van der Waals surface area contributed by atoms with E-state index in [9.17, 15) is 19.8 Å². The predicted octanol–water partition coefficient (Wildman–Crippen LogP) is 2.69. The fraction of sp³-hybridized carbons (Fsp3) is 0.273. The first kappa shape index (κ1) is 18.3. The average molecular weight is 378 g/mol. The quantitative estimate of drug-likeness (QED) is 0.715. The number of nitrogens with zero attached hydrogens (tertiary/aromatic N) is 2. The third-order valence-corrected chi connectivity index (χ3v) is 5.43. The molecule has 1 aliphatic heterocycles. The van der Waals surface area contributed by atoms with E-state index in [4.69, 9.17) is 0 Å². The summed E-state index contributed by atoms with van der Waals surface area (Å²) in [6, 6.07) is 13.2. The maximum atomic E-state index is 13.0. The molecule has 0 saturated heterocycles. The molecule has 0 unspecified atom stereocenters. The molecule has 1 aliphatic rings. The molecule has 4 rings (SSSR count). The van der Waals surface area contributed by atoms with E-state index in [0.29, 0.717) is 30.8 Å². The molecule has 2 aromatic carbocycles. The number of β-amino-alcohol motifs (C(OH)–C–C–N with tert-alkyl or cyclic N) is 1. The number of rotatable bonds is 5. The van der Waals surface area contributed by atoms with Crippen LogP contribution in [0.1, 0.15) is 37.5 Å². The third kappa shape index (κ3) is 2.96. The van der Waals surface area contributed by atoms with Crippen LogP contribution in [0.5, 0.6) is 0 Å². The maximum absolute atomic E-state index is 13.0. The Morgan fingerprint density at radius 3 is 2.68 bits per heavy atom. The minimum absolute atomic E-state index is 0.0392. The second-order valence-corrected chi connectivity index (χ2v) is 7.15. The number of aryl methyl sites for hydroxylation is 1. The van der Waals surface area contributed by atoms with Gasteiger partial charge in [-0.1, -0.05) is 30.3 Å². The number of hydrogen-bond acceptors (Lipinski definition) is 3.